The summed E-state index contributed by atoms with van der Waals surface area (Å²) in [5, 5.41) is 0. The zero-order chi connectivity index (χ0) is 34.4. The lowest BCUT2D eigenvalue weighted by atomic mass is 9.78. The van der Waals surface area contributed by atoms with Crippen LogP contribution in [0.4, 0.5) is 0 Å². The van der Waals surface area contributed by atoms with E-state index >= 15 is 0 Å². The summed E-state index contributed by atoms with van der Waals surface area (Å²) in [4.78, 5) is 0. The highest BCUT2D eigenvalue weighted by Gasteiger charge is 2.36. The van der Waals surface area contributed by atoms with E-state index in [-0.39, 0.29) is 21.7 Å². The van der Waals surface area contributed by atoms with Crippen LogP contribution in [0, 0.1) is 13.8 Å². The molecule has 0 saturated carbocycles. The predicted molar refractivity (Wildman–Crippen MR) is 197 cm³/mol. The standard InChI is InChI=1S/2C15H24O.C10H14O.CH3.Al/c2*1-10-8-11(14(2,3)4)13(16)12(9-10)15(5,6)7;1-11-9-5-8-10-6-3-2-4-7-10;;/h2*8-9,16H,1-7H3;2-4,6-7H,5,8-9H2,1H3;1H3;/q;;;;+2/p-2. The Labute approximate surface area is 282 Å². The summed E-state index contributed by atoms with van der Waals surface area (Å²) in [6.07, 6.45) is 2.23. The number of benzene rings is 3. The van der Waals surface area contributed by atoms with E-state index in [0.29, 0.717) is 0 Å². The molecule has 3 rings (SSSR count). The van der Waals surface area contributed by atoms with E-state index in [4.69, 9.17) is 12.3 Å². The Bertz CT molecular complexity index is 1210. The summed E-state index contributed by atoms with van der Waals surface area (Å²) in [6.45, 7) is 32.4. The Morgan fingerprint density at radius 1 is 0.556 bits per heavy atom. The van der Waals surface area contributed by atoms with Crippen LogP contribution in [0.2, 0.25) is 5.79 Å². The molecule has 0 aliphatic heterocycles. The minimum atomic E-state index is -2.09. The van der Waals surface area contributed by atoms with Crippen LogP contribution >= 0.6 is 0 Å². The molecule has 0 unspecified atom stereocenters. The lowest BCUT2D eigenvalue weighted by Crippen LogP contribution is -2.32. The summed E-state index contributed by atoms with van der Waals surface area (Å²) in [7, 11) is 1.74. The molecule has 0 amide bonds. The second kappa shape index (κ2) is 15.6. The topological polar surface area (TPSA) is 27.7 Å². The van der Waals surface area contributed by atoms with Crippen LogP contribution in [0.25, 0.3) is 0 Å². The normalized spacial score (nSPS) is 12.4. The van der Waals surface area contributed by atoms with Gasteiger partial charge < -0.3 is 12.3 Å². The summed E-state index contributed by atoms with van der Waals surface area (Å²) < 4.78 is 18.7. The lowest BCUT2D eigenvalue weighted by Gasteiger charge is -2.34. The van der Waals surface area contributed by atoms with Gasteiger partial charge in [0.2, 0.25) is 0 Å². The first-order chi connectivity index (χ1) is 20.6. The molecule has 3 aromatic rings. The minimum absolute atomic E-state index is 0.0214. The molecule has 0 heterocycles. The fraction of sp³-hybridized carbons (Fsp3) is 0.561. The number of aryl methyl sites for hydroxylation is 3. The van der Waals surface area contributed by atoms with Gasteiger partial charge in [-0.1, -0.05) is 149 Å². The zero-order valence-corrected chi connectivity index (χ0v) is 32.8. The quantitative estimate of drug-likeness (QED) is 0.183. The van der Waals surface area contributed by atoms with E-state index in [1.54, 1.807) is 7.11 Å². The molecule has 0 aromatic heterocycles. The van der Waals surface area contributed by atoms with Crippen molar-refractivity contribution in [2.75, 3.05) is 13.7 Å². The van der Waals surface area contributed by atoms with Gasteiger partial charge in [-0.25, -0.2) is 0 Å². The maximum atomic E-state index is 6.87. The van der Waals surface area contributed by atoms with E-state index in [1.165, 1.54) is 38.9 Å². The van der Waals surface area contributed by atoms with Crippen LogP contribution in [0.3, 0.4) is 0 Å². The molecule has 0 spiro atoms. The number of hydrogen-bond acceptors (Lipinski definition) is 3. The third-order valence-electron chi connectivity index (χ3n) is 7.92. The summed E-state index contributed by atoms with van der Waals surface area (Å²) in [5.41, 5.74) is 8.91. The van der Waals surface area contributed by atoms with Crippen molar-refractivity contribution in [3.05, 3.63) is 93.5 Å². The Hall–Kier alpha value is -2.25. The van der Waals surface area contributed by atoms with Crippen molar-refractivity contribution >= 4 is 14.8 Å². The van der Waals surface area contributed by atoms with Crippen molar-refractivity contribution in [2.24, 2.45) is 0 Å². The van der Waals surface area contributed by atoms with E-state index in [9.17, 15) is 0 Å². The Morgan fingerprint density at radius 3 is 1.18 bits per heavy atom. The molecule has 3 aromatic carbocycles. The van der Waals surface area contributed by atoms with Crippen LogP contribution in [0.15, 0.2) is 54.6 Å². The van der Waals surface area contributed by atoms with E-state index in [1.807, 2.05) is 6.07 Å². The van der Waals surface area contributed by atoms with Crippen LogP contribution < -0.4 is 7.58 Å². The molecule has 248 valence electrons. The molecule has 3 nitrogen and oxygen atoms in total. The average molecular weight is 631 g/mol. The van der Waals surface area contributed by atoms with Crippen molar-refractivity contribution < 1.29 is 12.3 Å². The Morgan fingerprint density at radius 2 is 0.889 bits per heavy atom. The van der Waals surface area contributed by atoms with Gasteiger partial charge in [-0.3, -0.25) is 0 Å². The van der Waals surface area contributed by atoms with Gasteiger partial charge in [0, 0.05) is 13.7 Å². The SMILES string of the molecule is COCCCc1ccccc1.Cc1cc(C(C)(C)C)c([O][Al]([CH3])[O]c2c(C(C)(C)C)cc(C)cc2C(C)(C)C)c(C(C)(C)C)c1. The first-order valence-electron chi connectivity index (χ1n) is 16.7. The molecule has 0 aliphatic rings. The zero-order valence-electron chi connectivity index (χ0n) is 31.6. The predicted octanol–water partition coefficient (Wildman–Crippen LogP) is 11.3. The van der Waals surface area contributed by atoms with Gasteiger partial charge in [0.25, 0.3) is 0 Å². The van der Waals surface area contributed by atoms with E-state index < -0.39 is 14.8 Å². The van der Waals surface area contributed by atoms with Crippen LogP contribution in [0.5, 0.6) is 11.5 Å². The number of rotatable bonds is 8. The second-order valence-corrected chi connectivity index (χ2v) is 18.4. The fourth-order valence-corrected chi connectivity index (χ4v) is 6.67. The molecule has 0 bridgehead atoms. The summed E-state index contributed by atoms with van der Waals surface area (Å²) in [6, 6.07) is 19.6. The van der Waals surface area contributed by atoms with Gasteiger partial charge >= 0.3 is 14.8 Å². The first-order valence-corrected chi connectivity index (χ1v) is 18.8. The van der Waals surface area contributed by atoms with Gasteiger partial charge in [0.15, 0.2) is 0 Å². The molecule has 0 radical (unpaired) electrons. The average Bonchev–Trinajstić information content (AvgIpc) is 2.89. The molecule has 0 saturated heterocycles. The third kappa shape index (κ3) is 11.8. The van der Waals surface area contributed by atoms with Crippen molar-refractivity contribution in [3.63, 3.8) is 0 Å². The molecular weight excluding hydrogens is 567 g/mol. The number of ether oxygens (including phenoxy) is 1. The van der Waals surface area contributed by atoms with Crippen molar-refractivity contribution in [1.29, 1.82) is 0 Å². The molecular formula is C41H63AlO3. The third-order valence-corrected chi connectivity index (χ3v) is 9.06. The molecule has 4 heteroatoms. The maximum absolute atomic E-state index is 6.87. The lowest BCUT2D eigenvalue weighted by molar-refractivity contribution is 0.195. The van der Waals surface area contributed by atoms with E-state index in [2.05, 4.69) is 151 Å². The van der Waals surface area contributed by atoms with Crippen molar-refractivity contribution in [2.45, 2.75) is 137 Å². The largest absolute Gasteiger partial charge is 0.853 e. The maximum Gasteiger partial charge on any atom is 0.853 e. The highest BCUT2D eigenvalue weighted by molar-refractivity contribution is 6.44. The highest BCUT2D eigenvalue weighted by atomic mass is 27.2. The van der Waals surface area contributed by atoms with Gasteiger partial charge in [0.05, 0.1) is 11.5 Å². The second-order valence-electron chi connectivity index (χ2n) is 16.8. The molecule has 0 aliphatic carbocycles. The van der Waals surface area contributed by atoms with Gasteiger partial charge in [-0.05, 0) is 82.0 Å². The molecule has 0 N–H and O–H groups in total. The molecule has 0 atom stereocenters. The monoisotopic (exact) mass is 630 g/mol. The molecule has 0 fully saturated rings. The Balaban J connectivity index is 0.000000537. The summed E-state index contributed by atoms with van der Waals surface area (Å²) >= 11 is -2.09. The first kappa shape index (κ1) is 38.9. The van der Waals surface area contributed by atoms with Gasteiger partial charge in [0.1, 0.15) is 0 Å². The van der Waals surface area contributed by atoms with Gasteiger partial charge in [-0.15, -0.1) is 0 Å². The smallest absolute Gasteiger partial charge is 0.611 e. The van der Waals surface area contributed by atoms with E-state index in [0.717, 1.165) is 30.9 Å². The minimum Gasteiger partial charge on any atom is -0.611 e. The number of hydrogen-bond donors (Lipinski definition) is 0. The highest BCUT2D eigenvalue weighted by Crippen LogP contribution is 2.43. The van der Waals surface area contributed by atoms with Crippen molar-refractivity contribution in [1.82, 2.24) is 0 Å². The fourth-order valence-electron chi connectivity index (χ4n) is 5.45. The molecule has 45 heavy (non-hydrogen) atoms. The Kier molecular flexibility index (Phi) is 13.5. The van der Waals surface area contributed by atoms with Crippen LogP contribution in [-0.4, -0.2) is 28.5 Å². The number of methoxy groups -OCH3 is 1. The van der Waals surface area contributed by atoms with Crippen LogP contribution in [-0.2, 0) is 32.8 Å². The summed E-state index contributed by atoms with van der Waals surface area (Å²) in [5.74, 6) is 4.20. The van der Waals surface area contributed by atoms with Gasteiger partial charge in [-0.2, -0.15) is 0 Å². The van der Waals surface area contributed by atoms with Crippen LogP contribution in [0.1, 0.15) is 128 Å². The van der Waals surface area contributed by atoms with Crippen molar-refractivity contribution in [3.8, 4) is 11.5 Å².